The van der Waals surface area contributed by atoms with Gasteiger partial charge in [0.2, 0.25) is 11.8 Å². The second-order valence-corrected chi connectivity index (χ2v) is 8.17. The molecule has 1 aliphatic rings. The number of ether oxygens (including phenoxy) is 1. The number of hydrazone groups is 1. The summed E-state index contributed by atoms with van der Waals surface area (Å²) in [5, 5.41) is 7.68. The first-order valence-corrected chi connectivity index (χ1v) is 10.5. The van der Waals surface area contributed by atoms with E-state index in [9.17, 15) is 14.4 Å². The predicted octanol–water partition coefficient (Wildman–Crippen LogP) is 3.75. The zero-order valence-electron chi connectivity index (χ0n) is 17.1. The molecule has 0 saturated heterocycles. The van der Waals surface area contributed by atoms with Crippen LogP contribution in [0.4, 0.5) is 10.8 Å². The summed E-state index contributed by atoms with van der Waals surface area (Å²) in [6.07, 6.45) is 0.461. The Morgan fingerprint density at radius 3 is 2.67 bits per heavy atom. The maximum atomic E-state index is 12.4. The van der Waals surface area contributed by atoms with Crippen molar-refractivity contribution in [3.8, 4) is 0 Å². The number of thiazole rings is 1. The molecule has 8 nitrogen and oxygen atoms in total. The van der Waals surface area contributed by atoms with E-state index in [4.69, 9.17) is 16.3 Å². The number of hydrogen-bond acceptors (Lipinski definition) is 7. The van der Waals surface area contributed by atoms with Crippen LogP contribution in [0.5, 0.6) is 0 Å². The smallest absolute Gasteiger partial charge is 0.354 e. The molecule has 2 heterocycles. The Balaban J connectivity index is 1.76. The van der Waals surface area contributed by atoms with Crippen molar-refractivity contribution < 1.29 is 19.1 Å². The number of aryl methyl sites for hydroxylation is 2. The predicted molar refractivity (Wildman–Crippen MR) is 115 cm³/mol. The second-order valence-electron chi connectivity index (χ2n) is 6.93. The standard InChI is InChI=1S/C20H21ClN4O4S/c1-11-7-12(2)18(15(21)8-11)25(13(3)26)20-22-14(10-30-20)9-29-19(28)16-5-6-17(27)24(4)23-16/h7-8,10H,5-6,9H2,1-4H3. The molecule has 0 spiro atoms. The molecule has 0 radical (unpaired) electrons. The highest BCUT2D eigenvalue weighted by Gasteiger charge is 2.25. The maximum Gasteiger partial charge on any atom is 0.354 e. The molecule has 1 aromatic heterocycles. The number of aromatic nitrogens is 1. The summed E-state index contributed by atoms with van der Waals surface area (Å²) in [4.78, 5) is 42.0. The molecular weight excluding hydrogens is 428 g/mol. The quantitative estimate of drug-likeness (QED) is 0.649. The summed E-state index contributed by atoms with van der Waals surface area (Å²) in [7, 11) is 1.50. The van der Waals surface area contributed by atoms with E-state index >= 15 is 0 Å². The van der Waals surface area contributed by atoms with Gasteiger partial charge in [0.25, 0.3) is 0 Å². The number of carbonyl (C=O) groups is 3. The van der Waals surface area contributed by atoms with Crippen LogP contribution in [0.15, 0.2) is 22.6 Å². The van der Waals surface area contributed by atoms with Gasteiger partial charge in [0.05, 0.1) is 16.4 Å². The molecule has 0 bridgehead atoms. The van der Waals surface area contributed by atoms with Crippen LogP contribution in [0, 0.1) is 13.8 Å². The highest BCUT2D eigenvalue weighted by Crippen LogP contribution is 2.37. The number of amides is 2. The third kappa shape index (κ3) is 4.68. The van der Waals surface area contributed by atoms with E-state index in [0.29, 0.717) is 21.5 Å². The fourth-order valence-corrected chi connectivity index (χ4v) is 4.35. The van der Waals surface area contributed by atoms with Gasteiger partial charge in [-0.15, -0.1) is 11.3 Å². The van der Waals surface area contributed by atoms with Gasteiger partial charge >= 0.3 is 5.97 Å². The van der Waals surface area contributed by atoms with Gasteiger partial charge in [-0.2, -0.15) is 5.10 Å². The Kier molecular flexibility index (Phi) is 6.52. The molecule has 0 atom stereocenters. The molecule has 10 heteroatoms. The van der Waals surface area contributed by atoms with Crippen LogP contribution in [0.3, 0.4) is 0 Å². The van der Waals surface area contributed by atoms with Gasteiger partial charge < -0.3 is 4.74 Å². The molecule has 0 aliphatic carbocycles. The molecule has 0 saturated carbocycles. The van der Waals surface area contributed by atoms with Crippen molar-refractivity contribution >= 4 is 57.3 Å². The molecule has 2 amide bonds. The van der Waals surface area contributed by atoms with Crippen molar-refractivity contribution in [3.05, 3.63) is 39.4 Å². The van der Waals surface area contributed by atoms with E-state index in [-0.39, 0.29) is 37.0 Å². The van der Waals surface area contributed by atoms with E-state index in [1.54, 1.807) is 11.4 Å². The molecule has 3 rings (SSSR count). The monoisotopic (exact) mass is 448 g/mol. The third-order valence-electron chi connectivity index (χ3n) is 4.46. The summed E-state index contributed by atoms with van der Waals surface area (Å²) in [6, 6.07) is 3.74. The molecule has 1 aliphatic heterocycles. The lowest BCUT2D eigenvalue weighted by Gasteiger charge is -2.22. The van der Waals surface area contributed by atoms with Gasteiger partial charge in [-0.25, -0.2) is 14.8 Å². The molecule has 2 aromatic rings. The topological polar surface area (TPSA) is 92.2 Å². The van der Waals surface area contributed by atoms with E-state index in [1.807, 2.05) is 19.9 Å². The minimum atomic E-state index is -0.593. The van der Waals surface area contributed by atoms with Crippen LogP contribution < -0.4 is 4.90 Å². The Morgan fingerprint density at radius 1 is 1.30 bits per heavy atom. The molecule has 30 heavy (non-hydrogen) atoms. The average molecular weight is 449 g/mol. The number of rotatable bonds is 5. The molecule has 0 N–H and O–H groups in total. The number of anilines is 2. The molecule has 158 valence electrons. The SMILES string of the molecule is CC(=O)N(c1nc(COC(=O)C2=NN(C)C(=O)CC2)cs1)c1c(C)cc(C)cc1Cl. The number of halogens is 1. The molecule has 1 aromatic carbocycles. The minimum Gasteiger partial charge on any atom is -0.455 e. The zero-order valence-corrected chi connectivity index (χ0v) is 18.6. The summed E-state index contributed by atoms with van der Waals surface area (Å²) in [5.41, 5.74) is 3.12. The largest absolute Gasteiger partial charge is 0.455 e. The van der Waals surface area contributed by atoms with Crippen LogP contribution >= 0.6 is 22.9 Å². The van der Waals surface area contributed by atoms with Crippen molar-refractivity contribution in [2.24, 2.45) is 5.10 Å². The van der Waals surface area contributed by atoms with Crippen LogP contribution in [0.25, 0.3) is 0 Å². The zero-order chi connectivity index (χ0) is 22.0. The first-order chi connectivity index (χ1) is 14.2. The van der Waals surface area contributed by atoms with Gasteiger partial charge in [-0.05, 0) is 31.0 Å². The van der Waals surface area contributed by atoms with Crippen LogP contribution in [-0.4, -0.2) is 40.5 Å². The average Bonchev–Trinajstić information content (AvgIpc) is 3.12. The van der Waals surface area contributed by atoms with Gasteiger partial charge in [-0.1, -0.05) is 17.7 Å². The van der Waals surface area contributed by atoms with E-state index < -0.39 is 5.97 Å². The number of nitrogens with zero attached hydrogens (tertiary/aromatic N) is 4. The summed E-state index contributed by atoms with van der Waals surface area (Å²) in [6.45, 7) is 5.18. The lowest BCUT2D eigenvalue weighted by molar-refractivity contribution is -0.137. The fourth-order valence-electron chi connectivity index (χ4n) is 3.08. The normalized spacial score (nSPS) is 13.8. The molecular formula is C20H21ClN4O4S. The Hall–Kier alpha value is -2.78. The number of benzene rings is 1. The number of esters is 1. The van der Waals surface area contributed by atoms with Gasteiger partial charge in [0.1, 0.15) is 12.3 Å². The van der Waals surface area contributed by atoms with Gasteiger partial charge in [-0.3, -0.25) is 14.5 Å². The van der Waals surface area contributed by atoms with Crippen LogP contribution in [-0.2, 0) is 25.7 Å². The van der Waals surface area contributed by atoms with Crippen molar-refractivity contribution in [2.75, 3.05) is 11.9 Å². The van der Waals surface area contributed by atoms with Crippen molar-refractivity contribution in [3.63, 3.8) is 0 Å². The fraction of sp³-hybridized carbons (Fsp3) is 0.350. The number of carbonyl (C=O) groups excluding carboxylic acids is 3. The van der Waals surface area contributed by atoms with E-state index in [1.165, 1.54) is 30.2 Å². The van der Waals surface area contributed by atoms with Gasteiger partial charge in [0.15, 0.2) is 5.13 Å². The first-order valence-electron chi connectivity index (χ1n) is 9.20. The second kappa shape index (κ2) is 8.93. The highest BCUT2D eigenvalue weighted by molar-refractivity contribution is 7.14. The lowest BCUT2D eigenvalue weighted by Crippen LogP contribution is -2.32. The summed E-state index contributed by atoms with van der Waals surface area (Å²) < 4.78 is 5.28. The van der Waals surface area contributed by atoms with E-state index in [0.717, 1.165) is 16.1 Å². The van der Waals surface area contributed by atoms with Crippen molar-refractivity contribution in [2.45, 2.75) is 40.2 Å². The summed E-state index contributed by atoms with van der Waals surface area (Å²) >= 11 is 7.66. The Labute approximate surface area is 183 Å². The number of hydrogen-bond donors (Lipinski definition) is 0. The van der Waals surface area contributed by atoms with Crippen LogP contribution in [0.1, 0.15) is 36.6 Å². The van der Waals surface area contributed by atoms with Crippen molar-refractivity contribution in [1.82, 2.24) is 9.99 Å². The van der Waals surface area contributed by atoms with E-state index in [2.05, 4.69) is 10.1 Å². The minimum absolute atomic E-state index is 0.0711. The molecule has 0 unspecified atom stereocenters. The lowest BCUT2D eigenvalue weighted by atomic mass is 10.1. The Bertz CT molecular complexity index is 1030. The van der Waals surface area contributed by atoms with Crippen LogP contribution in [0.2, 0.25) is 5.02 Å². The highest BCUT2D eigenvalue weighted by atomic mass is 35.5. The van der Waals surface area contributed by atoms with Gasteiger partial charge in [0, 0.05) is 32.2 Å². The first kappa shape index (κ1) is 21.9. The summed E-state index contributed by atoms with van der Waals surface area (Å²) in [5.74, 6) is -0.971. The maximum absolute atomic E-state index is 12.4. The van der Waals surface area contributed by atoms with Crippen molar-refractivity contribution in [1.29, 1.82) is 0 Å². The third-order valence-corrected chi connectivity index (χ3v) is 5.62. The molecule has 0 fully saturated rings. The Morgan fingerprint density at radius 2 is 2.03 bits per heavy atom.